The number of hydrogen-bond donors (Lipinski definition) is 1. The average Bonchev–Trinajstić information content (AvgIpc) is 2.94. The monoisotopic (exact) mass is 228 g/mol. The van der Waals surface area contributed by atoms with Crippen LogP contribution in [0.3, 0.4) is 0 Å². The fourth-order valence-corrected chi connectivity index (χ4v) is 2.96. The van der Waals surface area contributed by atoms with Crippen molar-refractivity contribution in [2.24, 2.45) is 7.05 Å². The average molecular weight is 228 g/mol. The first-order valence-electron chi connectivity index (χ1n) is 6.47. The predicted octanol–water partition coefficient (Wildman–Crippen LogP) is 3.22. The van der Waals surface area contributed by atoms with Crippen LogP contribution in [-0.4, -0.2) is 11.1 Å². The summed E-state index contributed by atoms with van der Waals surface area (Å²) in [5.74, 6) is 0. The van der Waals surface area contributed by atoms with Crippen LogP contribution in [0.5, 0.6) is 0 Å². The smallest absolute Gasteiger partial charge is 0.0482 e. The van der Waals surface area contributed by atoms with Crippen molar-refractivity contribution in [3.8, 4) is 0 Å². The van der Waals surface area contributed by atoms with E-state index in [0.29, 0.717) is 6.04 Å². The first-order valence-corrected chi connectivity index (χ1v) is 6.47. The van der Waals surface area contributed by atoms with E-state index in [4.69, 9.17) is 0 Å². The summed E-state index contributed by atoms with van der Waals surface area (Å²) in [7, 11) is 2.15. The lowest BCUT2D eigenvalue weighted by atomic mass is 10.0. The van der Waals surface area contributed by atoms with Crippen molar-refractivity contribution in [2.75, 3.05) is 6.54 Å². The summed E-state index contributed by atoms with van der Waals surface area (Å²) < 4.78 is 2.29. The van der Waals surface area contributed by atoms with Gasteiger partial charge < -0.3 is 9.88 Å². The standard InChI is InChI=1S/C15H20N2/c1-10-11(2)17(3)15-7-6-12(9-13(10)15)14-5-4-8-16-14/h6-7,9,14,16H,4-5,8H2,1-3H3/t14-/m0/s1. The van der Waals surface area contributed by atoms with E-state index < -0.39 is 0 Å². The van der Waals surface area contributed by atoms with E-state index in [0.717, 1.165) is 6.54 Å². The Bertz CT molecular complexity index is 560. The van der Waals surface area contributed by atoms with Gasteiger partial charge in [0.15, 0.2) is 0 Å². The highest BCUT2D eigenvalue weighted by Crippen LogP contribution is 2.29. The predicted molar refractivity (Wildman–Crippen MR) is 72.4 cm³/mol. The summed E-state index contributed by atoms with van der Waals surface area (Å²) in [6, 6.07) is 7.49. The number of fused-ring (bicyclic) bond motifs is 1. The molecule has 1 fully saturated rings. The summed E-state index contributed by atoms with van der Waals surface area (Å²) >= 11 is 0. The molecular formula is C15H20N2. The van der Waals surface area contributed by atoms with Gasteiger partial charge in [-0.25, -0.2) is 0 Å². The lowest BCUT2D eigenvalue weighted by Crippen LogP contribution is -2.12. The molecule has 0 aliphatic carbocycles. The van der Waals surface area contributed by atoms with Gasteiger partial charge in [-0.1, -0.05) is 6.07 Å². The largest absolute Gasteiger partial charge is 0.348 e. The highest BCUT2D eigenvalue weighted by Gasteiger charge is 2.17. The van der Waals surface area contributed by atoms with Crippen LogP contribution in [0.25, 0.3) is 10.9 Å². The van der Waals surface area contributed by atoms with Crippen LogP contribution in [0, 0.1) is 13.8 Å². The van der Waals surface area contributed by atoms with Gasteiger partial charge in [0, 0.05) is 29.7 Å². The highest BCUT2D eigenvalue weighted by atomic mass is 14.9. The van der Waals surface area contributed by atoms with E-state index in [1.165, 1.54) is 40.6 Å². The fourth-order valence-electron chi connectivity index (χ4n) is 2.96. The Morgan fingerprint density at radius 3 is 2.82 bits per heavy atom. The molecule has 1 N–H and O–H groups in total. The summed E-state index contributed by atoms with van der Waals surface area (Å²) in [4.78, 5) is 0. The molecule has 1 aliphatic heterocycles. The van der Waals surface area contributed by atoms with E-state index in [2.05, 4.69) is 49.0 Å². The number of benzene rings is 1. The molecule has 0 saturated carbocycles. The summed E-state index contributed by atoms with van der Waals surface area (Å²) in [5.41, 5.74) is 5.59. The zero-order valence-corrected chi connectivity index (χ0v) is 10.9. The molecule has 0 radical (unpaired) electrons. The third kappa shape index (κ3) is 1.59. The van der Waals surface area contributed by atoms with E-state index in [1.54, 1.807) is 0 Å². The molecule has 1 atom stereocenters. The molecule has 0 spiro atoms. The number of hydrogen-bond acceptors (Lipinski definition) is 1. The Balaban J connectivity index is 2.15. The molecule has 90 valence electrons. The van der Waals surface area contributed by atoms with Crippen molar-refractivity contribution < 1.29 is 0 Å². The first-order chi connectivity index (χ1) is 8.18. The maximum atomic E-state index is 3.57. The second-order valence-electron chi connectivity index (χ2n) is 5.19. The minimum atomic E-state index is 0.569. The molecule has 1 aliphatic rings. The molecule has 1 aromatic heterocycles. The second-order valence-corrected chi connectivity index (χ2v) is 5.19. The Labute approximate surface area is 103 Å². The van der Waals surface area contributed by atoms with E-state index >= 15 is 0 Å². The van der Waals surface area contributed by atoms with Crippen molar-refractivity contribution in [1.82, 2.24) is 9.88 Å². The molecule has 0 bridgehead atoms. The van der Waals surface area contributed by atoms with Crippen LogP contribution in [0.2, 0.25) is 0 Å². The lowest BCUT2D eigenvalue weighted by Gasteiger charge is -2.10. The SMILES string of the molecule is Cc1c(C)n(C)c2ccc([C@@H]3CCCN3)cc12. The maximum absolute atomic E-state index is 3.57. The van der Waals surface area contributed by atoms with Crippen LogP contribution >= 0.6 is 0 Å². The van der Waals surface area contributed by atoms with Crippen molar-refractivity contribution >= 4 is 10.9 Å². The zero-order valence-electron chi connectivity index (χ0n) is 10.9. The third-order valence-electron chi connectivity index (χ3n) is 4.29. The maximum Gasteiger partial charge on any atom is 0.0482 e. The van der Waals surface area contributed by atoms with Gasteiger partial charge in [-0.2, -0.15) is 0 Å². The fraction of sp³-hybridized carbons (Fsp3) is 0.467. The van der Waals surface area contributed by atoms with Crippen LogP contribution in [0.15, 0.2) is 18.2 Å². The quantitative estimate of drug-likeness (QED) is 0.793. The second kappa shape index (κ2) is 3.88. The molecule has 17 heavy (non-hydrogen) atoms. The zero-order chi connectivity index (χ0) is 12.0. The lowest BCUT2D eigenvalue weighted by molar-refractivity contribution is 0.648. The van der Waals surface area contributed by atoms with E-state index in [9.17, 15) is 0 Å². The van der Waals surface area contributed by atoms with E-state index in [-0.39, 0.29) is 0 Å². The summed E-state index contributed by atoms with van der Waals surface area (Å²) in [6.07, 6.45) is 2.58. The van der Waals surface area contributed by atoms with Gasteiger partial charge in [-0.15, -0.1) is 0 Å². The molecule has 2 heterocycles. The highest BCUT2D eigenvalue weighted by molar-refractivity contribution is 5.86. The molecule has 2 nitrogen and oxygen atoms in total. The molecule has 0 amide bonds. The molecule has 1 aromatic carbocycles. The van der Waals surface area contributed by atoms with Gasteiger partial charge in [0.1, 0.15) is 0 Å². The Hall–Kier alpha value is -1.28. The van der Waals surface area contributed by atoms with Gasteiger partial charge in [0.05, 0.1) is 0 Å². The van der Waals surface area contributed by atoms with Gasteiger partial charge in [-0.05, 0) is 56.5 Å². The van der Waals surface area contributed by atoms with E-state index in [1.807, 2.05) is 0 Å². The van der Waals surface area contributed by atoms with Crippen molar-refractivity contribution in [3.63, 3.8) is 0 Å². The Kier molecular flexibility index (Phi) is 2.48. The van der Waals surface area contributed by atoms with Crippen molar-refractivity contribution in [1.29, 1.82) is 0 Å². The van der Waals surface area contributed by atoms with Crippen molar-refractivity contribution in [2.45, 2.75) is 32.7 Å². The minimum absolute atomic E-state index is 0.569. The normalized spacial score (nSPS) is 20.3. The number of aromatic nitrogens is 1. The van der Waals surface area contributed by atoms with Gasteiger partial charge in [0.25, 0.3) is 0 Å². The van der Waals surface area contributed by atoms with Crippen LogP contribution in [0.1, 0.15) is 35.7 Å². The minimum Gasteiger partial charge on any atom is -0.348 e. The van der Waals surface area contributed by atoms with Crippen LogP contribution < -0.4 is 5.32 Å². The first kappa shape index (κ1) is 10.8. The summed E-state index contributed by atoms with van der Waals surface area (Å²) in [5, 5.41) is 4.98. The Morgan fingerprint density at radius 1 is 1.29 bits per heavy atom. The number of aryl methyl sites for hydroxylation is 2. The molecule has 0 unspecified atom stereocenters. The van der Waals surface area contributed by atoms with Gasteiger partial charge in [-0.3, -0.25) is 0 Å². The molecule has 2 aromatic rings. The van der Waals surface area contributed by atoms with Crippen LogP contribution in [0.4, 0.5) is 0 Å². The number of rotatable bonds is 1. The number of nitrogens with zero attached hydrogens (tertiary/aromatic N) is 1. The van der Waals surface area contributed by atoms with Gasteiger partial charge >= 0.3 is 0 Å². The molecule has 2 heteroatoms. The third-order valence-corrected chi connectivity index (χ3v) is 4.29. The van der Waals surface area contributed by atoms with Gasteiger partial charge in [0.2, 0.25) is 0 Å². The summed E-state index contributed by atoms with van der Waals surface area (Å²) in [6.45, 7) is 5.59. The number of nitrogens with one attached hydrogen (secondary N) is 1. The molecule has 3 rings (SSSR count). The van der Waals surface area contributed by atoms with Crippen molar-refractivity contribution in [3.05, 3.63) is 35.0 Å². The Morgan fingerprint density at radius 2 is 2.12 bits per heavy atom. The molecular weight excluding hydrogens is 208 g/mol. The molecule has 1 saturated heterocycles. The van der Waals surface area contributed by atoms with Crippen LogP contribution in [-0.2, 0) is 7.05 Å². The topological polar surface area (TPSA) is 17.0 Å².